The van der Waals surface area contributed by atoms with Gasteiger partial charge in [-0.05, 0) is 46.9 Å². The molecule has 16 heavy (non-hydrogen) atoms. The minimum Gasteiger partial charge on any atom is -0.497 e. The fraction of sp³-hybridized carbons (Fsp3) is 0.0909. The monoisotopic (exact) mass is 344 g/mol. The van der Waals surface area contributed by atoms with Crippen LogP contribution in [0, 0.1) is 3.57 Å². The van der Waals surface area contributed by atoms with E-state index in [1.165, 1.54) is 0 Å². The lowest BCUT2D eigenvalue weighted by Gasteiger charge is -2.03. The van der Waals surface area contributed by atoms with E-state index in [2.05, 4.69) is 32.6 Å². The molecule has 5 heteroatoms. The quantitative estimate of drug-likeness (QED) is 0.633. The average Bonchev–Trinajstić information content (AvgIpc) is 2.33. The van der Waals surface area contributed by atoms with E-state index in [0.717, 1.165) is 19.2 Å². The minimum absolute atomic E-state index is 0.863. The number of hydrogen-bond acceptors (Lipinski definition) is 4. The van der Waals surface area contributed by atoms with Crippen LogP contribution in [0.3, 0.4) is 0 Å². The molecule has 0 saturated carbocycles. The molecular formula is C11H9IN2OS. The van der Waals surface area contributed by atoms with Gasteiger partial charge in [-0.2, -0.15) is 0 Å². The second-order valence-electron chi connectivity index (χ2n) is 2.95. The highest BCUT2D eigenvalue weighted by atomic mass is 127. The topological polar surface area (TPSA) is 35.0 Å². The summed E-state index contributed by atoms with van der Waals surface area (Å²) in [6, 6.07) is 7.91. The molecule has 0 spiro atoms. The SMILES string of the molecule is COc1ccc(Sc2ncncc2I)cc1. The maximum absolute atomic E-state index is 5.11. The van der Waals surface area contributed by atoms with Crippen LogP contribution in [0.25, 0.3) is 0 Å². The zero-order valence-electron chi connectivity index (χ0n) is 8.55. The standard InChI is InChI=1S/C11H9IN2OS/c1-15-8-2-4-9(5-3-8)16-11-10(12)6-13-7-14-11/h2-7H,1H3. The molecule has 0 amide bonds. The fourth-order valence-corrected chi connectivity index (χ4v) is 2.51. The van der Waals surface area contributed by atoms with Gasteiger partial charge < -0.3 is 4.74 Å². The molecule has 0 atom stereocenters. The molecule has 1 aromatic heterocycles. The molecule has 0 saturated heterocycles. The third-order valence-corrected chi connectivity index (χ3v) is 4.09. The van der Waals surface area contributed by atoms with Gasteiger partial charge in [-0.15, -0.1) is 0 Å². The summed E-state index contributed by atoms with van der Waals surface area (Å²) in [5, 5.41) is 0.973. The number of ether oxygens (including phenoxy) is 1. The predicted octanol–water partition coefficient (Wildman–Crippen LogP) is 3.24. The first kappa shape index (κ1) is 11.7. The first-order valence-electron chi connectivity index (χ1n) is 4.57. The predicted molar refractivity (Wildman–Crippen MR) is 71.9 cm³/mol. The summed E-state index contributed by atoms with van der Waals surface area (Å²) in [6.45, 7) is 0. The van der Waals surface area contributed by atoms with Crippen molar-refractivity contribution in [3.8, 4) is 5.75 Å². The number of methoxy groups -OCH3 is 1. The zero-order chi connectivity index (χ0) is 11.4. The number of benzene rings is 1. The highest BCUT2D eigenvalue weighted by molar-refractivity contribution is 14.1. The first-order valence-corrected chi connectivity index (χ1v) is 6.46. The van der Waals surface area contributed by atoms with E-state index in [1.807, 2.05) is 24.3 Å². The summed E-state index contributed by atoms with van der Waals surface area (Å²) in [4.78, 5) is 9.33. The number of rotatable bonds is 3. The van der Waals surface area contributed by atoms with Gasteiger partial charge in [-0.1, -0.05) is 11.8 Å². The number of halogens is 1. The van der Waals surface area contributed by atoms with Gasteiger partial charge in [0.25, 0.3) is 0 Å². The van der Waals surface area contributed by atoms with Crippen molar-refractivity contribution in [3.63, 3.8) is 0 Å². The van der Waals surface area contributed by atoms with Crippen molar-refractivity contribution in [2.24, 2.45) is 0 Å². The molecule has 1 aromatic carbocycles. The highest BCUT2D eigenvalue weighted by Crippen LogP contribution is 2.29. The van der Waals surface area contributed by atoms with Crippen LogP contribution >= 0.6 is 34.4 Å². The smallest absolute Gasteiger partial charge is 0.118 e. The van der Waals surface area contributed by atoms with Gasteiger partial charge in [0.15, 0.2) is 0 Å². The Kier molecular flexibility index (Phi) is 4.00. The third-order valence-electron chi connectivity index (χ3n) is 1.91. The molecule has 0 unspecified atom stereocenters. The summed E-state index contributed by atoms with van der Waals surface area (Å²) in [5.41, 5.74) is 0. The zero-order valence-corrected chi connectivity index (χ0v) is 11.5. The van der Waals surface area contributed by atoms with Crippen molar-refractivity contribution in [2.45, 2.75) is 9.92 Å². The van der Waals surface area contributed by atoms with Gasteiger partial charge in [-0.25, -0.2) is 9.97 Å². The number of hydrogen-bond donors (Lipinski definition) is 0. The van der Waals surface area contributed by atoms with E-state index in [1.54, 1.807) is 31.4 Å². The van der Waals surface area contributed by atoms with Crippen LogP contribution in [0.5, 0.6) is 5.75 Å². The van der Waals surface area contributed by atoms with Crippen LogP contribution in [0.1, 0.15) is 0 Å². The van der Waals surface area contributed by atoms with Crippen LogP contribution in [-0.2, 0) is 0 Å². The maximum atomic E-state index is 5.11. The van der Waals surface area contributed by atoms with E-state index in [9.17, 15) is 0 Å². The normalized spacial score (nSPS) is 10.1. The minimum atomic E-state index is 0.863. The molecule has 2 rings (SSSR count). The van der Waals surface area contributed by atoms with Gasteiger partial charge in [0.1, 0.15) is 17.1 Å². The summed E-state index contributed by atoms with van der Waals surface area (Å²) < 4.78 is 6.16. The van der Waals surface area contributed by atoms with Gasteiger partial charge in [-0.3, -0.25) is 0 Å². The summed E-state index contributed by atoms with van der Waals surface area (Å²) in [7, 11) is 1.66. The van der Waals surface area contributed by atoms with Crippen LogP contribution in [0.2, 0.25) is 0 Å². The molecule has 0 bridgehead atoms. The Morgan fingerprint density at radius 2 is 2.00 bits per heavy atom. The molecule has 82 valence electrons. The Balaban J connectivity index is 2.18. The molecular weight excluding hydrogens is 335 g/mol. The van der Waals surface area contributed by atoms with Gasteiger partial charge in [0.2, 0.25) is 0 Å². The van der Waals surface area contributed by atoms with E-state index in [-0.39, 0.29) is 0 Å². The summed E-state index contributed by atoms with van der Waals surface area (Å²) in [6.07, 6.45) is 3.37. The lowest BCUT2D eigenvalue weighted by Crippen LogP contribution is -1.86. The largest absolute Gasteiger partial charge is 0.497 e. The van der Waals surface area contributed by atoms with Crippen molar-refractivity contribution in [2.75, 3.05) is 7.11 Å². The Labute approximate surface area is 112 Å². The Morgan fingerprint density at radius 1 is 1.25 bits per heavy atom. The molecule has 0 aliphatic rings. The molecule has 3 nitrogen and oxygen atoms in total. The van der Waals surface area contributed by atoms with Gasteiger partial charge >= 0.3 is 0 Å². The van der Waals surface area contributed by atoms with Crippen molar-refractivity contribution in [1.82, 2.24) is 9.97 Å². The van der Waals surface area contributed by atoms with Crippen LogP contribution < -0.4 is 4.74 Å². The second kappa shape index (κ2) is 5.49. The summed E-state index contributed by atoms with van der Waals surface area (Å²) >= 11 is 3.85. The molecule has 0 aliphatic carbocycles. The van der Waals surface area contributed by atoms with Crippen molar-refractivity contribution in [3.05, 3.63) is 40.4 Å². The highest BCUT2D eigenvalue weighted by Gasteiger charge is 2.03. The van der Waals surface area contributed by atoms with Gasteiger partial charge in [0.05, 0.1) is 10.7 Å². The Morgan fingerprint density at radius 3 is 2.62 bits per heavy atom. The molecule has 2 aromatic rings. The molecule has 0 N–H and O–H groups in total. The lowest BCUT2D eigenvalue weighted by molar-refractivity contribution is 0.414. The van der Waals surface area contributed by atoms with E-state index >= 15 is 0 Å². The molecule has 1 heterocycles. The second-order valence-corrected chi connectivity index (χ2v) is 5.18. The van der Waals surface area contributed by atoms with E-state index in [0.29, 0.717) is 0 Å². The van der Waals surface area contributed by atoms with Crippen molar-refractivity contribution in [1.29, 1.82) is 0 Å². The fourth-order valence-electron chi connectivity index (χ4n) is 1.13. The van der Waals surface area contributed by atoms with E-state index < -0.39 is 0 Å². The van der Waals surface area contributed by atoms with Crippen LogP contribution in [0.15, 0.2) is 46.7 Å². The number of nitrogens with zero attached hydrogens (tertiary/aromatic N) is 2. The van der Waals surface area contributed by atoms with Crippen molar-refractivity contribution < 1.29 is 4.74 Å². The molecule has 0 fully saturated rings. The van der Waals surface area contributed by atoms with Crippen LogP contribution in [0.4, 0.5) is 0 Å². The van der Waals surface area contributed by atoms with Gasteiger partial charge in [0, 0.05) is 11.1 Å². The first-order chi connectivity index (χ1) is 7.79. The molecule has 0 radical (unpaired) electrons. The van der Waals surface area contributed by atoms with Crippen molar-refractivity contribution >= 4 is 34.4 Å². The Hall–Kier alpha value is -0.820. The summed E-state index contributed by atoms with van der Waals surface area (Å²) in [5.74, 6) is 0.863. The lowest BCUT2D eigenvalue weighted by atomic mass is 10.3. The number of aromatic nitrogens is 2. The maximum Gasteiger partial charge on any atom is 0.118 e. The third kappa shape index (κ3) is 2.85. The molecule has 0 aliphatic heterocycles. The van der Waals surface area contributed by atoms with Crippen LogP contribution in [-0.4, -0.2) is 17.1 Å². The Bertz CT molecular complexity index is 476. The van der Waals surface area contributed by atoms with E-state index in [4.69, 9.17) is 4.74 Å². The average molecular weight is 344 g/mol.